The first-order chi connectivity index (χ1) is 8.47. The van der Waals surface area contributed by atoms with Crippen LogP contribution in [0.1, 0.15) is 13.8 Å². The van der Waals surface area contributed by atoms with Crippen LogP contribution in [0.3, 0.4) is 0 Å². The van der Waals surface area contributed by atoms with Gasteiger partial charge in [0.2, 0.25) is 0 Å². The maximum atomic E-state index is 11.9. The van der Waals surface area contributed by atoms with Gasteiger partial charge in [-0.2, -0.15) is 0 Å². The van der Waals surface area contributed by atoms with Gasteiger partial charge >= 0.3 is 5.97 Å². The Morgan fingerprint density at radius 2 is 2.28 bits per heavy atom. The van der Waals surface area contributed by atoms with Gasteiger partial charge in [-0.3, -0.25) is 4.79 Å². The van der Waals surface area contributed by atoms with Gasteiger partial charge in [0, 0.05) is 5.02 Å². The largest absolute Gasteiger partial charge is 0.464 e. The smallest absolute Gasteiger partial charge is 0.360 e. The van der Waals surface area contributed by atoms with Crippen LogP contribution in [-0.4, -0.2) is 24.1 Å². The molecule has 1 amide bonds. The predicted molar refractivity (Wildman–Crippen MR) is 65.7 cm³/mol. The highest BCUT2D eigenvalue weighted by molar-refractivity contribution is 6.31. The summed E-state index contributed by atoms with van der Waals surface area (Å²) in [6, 6.07) is 4.76. The summed E-state index contributed by atoms with van der Waals surface area (Å²) in [5.74, 6) is -0.909. The Morgan fingerprint density at radius 1 is 1.56 bits per heavy atom. The molecule has 5 nitrogen and oxygen atoms in total. The first kappa shape index (κ1) is 12.7. The number of nitrogens with one attached hydrogen (secondary N) is 1. The van der Waals surface area contributed by atoms with Gasteiger partial charge in [0.25, 0.3) is 11.5 Å². The molecule has 0 saturated carbocycles. The SMILES string of the molecule is CCOC(=O)C1(C)Oc2ccc(Cl)cc2NC1=O. The van der Waals surface area contributed by atoms with E-state index in [-0.39, 0.29) is 6.61 Å². The van der Waals surface area contributed by atoms with Gasteiger partial charge in [-0.25, -0.2) is 4.79 Å². The van der Waals surface area contributed by atoms with E-state index in [4.69, 9.17) is 21.1 Å². The molecule has 0 fully saturated rings. The molecule has 18 heavy (non-hydrogen) atoms. The van der Waals surface area contributed by atoms with Crippen molar-refractivity contribution in [2.24, 2.45) is 0 Å². The third-order valence-electron chi connectivity index (χ3n) is 2.60. The predicted octanol–water partition coefficient (Wildman–Crippen LogP) is 1.99. The topological polar surface area (TPSA) is 64.6 Å². The third-order valence-corrected chi connectivity index (χ3v) is 2.84. The first-order valence-corrected chi connectivity index (χ1v) is 5.82. The second-order valence-corrected chi connectivity index (χ2v) is 4.39. The van der Waals surface area contributed by atoms with Crippen LogP contribution in [0.25, 0.3) is 0 Å². The standard InChI is InChI=1S/C12H12ClNO4/c1-3-17-11(16)12(2)10(15)14-8-6-7(13)4-5-9(8)18-12/h4-6H,3H2,1-2H3,(H,14,15). The van der Waals surface area contributed by atoms with Crippen LogP contribution >= 0.6 is 11.6 Å². The number of rotatable bonds is 2. The zero-order chi connectivity index (χ0) is 13.3. The molecule has 0 aliphatic carbocycles. The van der Waals surface area contributed by atoms with Crippen LogP contribution in [0.15, 0.2) is 18.2 Å². The van der Waals surface area contributed by atoms with E-state index in [1.165, 1.54) is 6.92 Å². The quantitative estimate of drug-likeness (QED) is 0.659. The summed E-state index contributed by atoms with van der Waals surface area (Å²) in [7, 11) is 0. The zero-order valence-corrected chi connectivity index (χ0v) is 10.7. The summed E-state index contributed by atoms with van der Waals surface area (Å²) < 4.78 is 10.3. The number of esters is 1. The van der Waals surface area contributed by atoms with Crippen molar-refractivity contribution in [3.05, 3.63) is 23.2 Å². The number of amides is 1. The van der Waals surface area contributed by atoms with E-state index in [1.54, 1.807) is 25.1 Å². The van der Waals surface area contributed by atoms with Gasteiger partial charge in [-0.05, 0) is 32.0 Å². The molecule has 6 heteroatoms. The van der Waals surface area contributed by atoms with Crippen molar-refractivity contribution in [1.82, 2.24) is 0 Å². The molecule has 1 unspecified atom stereocenters. The minimum Gasteiger partial charge on any atom is -0.464 e. The monoisotopic (exact) mass is 269 g/mol. The molecule has 1 aromatic rings. The van der Waals surface area contributed by atoms with Crippen molar-refractivity contribution in [1.29, 1.82) is 0 Å². The fourth-order valence-electron chi connectivity index (χ4n) is 1.60. The Morgan fingerprint density at radius 3 is 2.94 bits per heavy atom. The number of anilines is 1. The Bertz CT molecular complexity index is 517. The maximum absolute atomic E-state index is 11.9. The summed E-state index contributed by atoms with van der Waals surface area (Å²) in [6.07, 6.45) is 0. The Hall–Kier alpha value is -1.75. The minimum absolute atomic E-state index is 0.179. The van der Waals surface area contributed by atoms with E-state index in [0.717, 1.165) is 0 Å². The summed E-state index contributed by atoms with van der Waals surface area (Å²) >= 11 is 5.81. The van der Waals surface area contributed by atoms with Crippen LogP contribution in [-0.2, 0) is 14.3 Å². The molecule has 1 N–H and O–H groups in total. The number of fused-ring (bicyclic) bond motifs is 1. The Balaban J connectivity index is 2.36. The van der Waals surface area contributed by atoms with Gasteiger partial charge in [0.1, 0.15) is 5.75 Å². The molecule has 96 valence electrons. The normalized spacial score (nSPS) is 21.6. The van der Waals surface area contributed by atoms with Crippen LogP contribution in [0.5, 0.6) is 5.75 Å². The molecule has 1 aromatic carbocycles. The zero-order valence-electron chi connectivity index (χ0n) is 9.95. The van der Waals surface area contributed by atoms with Crippen LogP contribution in [0.4, 0.5) is 5.69 Å². The molecule has 0 radical (unpaired) electrons. The number of carbonyl (C=O) groups excluding carboxylic acids is 2. The lowest BCUT2D eigenvalue weighted by molar-refractivity contribution is -0.165. The summed E-state index contributed by atoms with van der Waals surface area (Å²) in [6.45, 7) is 3.21. The number of hydrogen-bond acceptors (Lipinski definition) is 4. The van der Waals surface area contributed by atoms with E-state index in [0.29, 0.717) is 16.5 Å². The van der Waals surface area contributed by atoms with E-state index in [2.05, 4.69) is 5.32 Å². The molecule has 0 aromatic heterocycles. The average Bonchev–Trinajstić information content (AvgIpc) is 2.31. The molecular weight excluding hydrogens is 258 g/mol. The average molecular weight is 270 g/mol. The molecule has 1 aliphatic rings. The van der Waals surface area contributed by atoms with Crippen molar-refractivity contribution >= 4 is 29.2 Å². The van der Waals surface area contributed by atoms with E-state index >= 15 is 0 Å². The second-order valence-electron chi connectivity index (χ2n) is 3.95. The summed E-state index contributed by atoms with van der Waals surface area (Å²) in [5.41, 5.74) is -1.23. The first-order valence-electron chi connectivity index (χ1n) is 5.44. The third kappa shape index (κ3) is 2.01. The number of halogens is 1. The molecule has 0 spiro atoms. The Labute approximate surface area is 109 Å². The lowest BCUT2D eigenvalue weighted by Gasteiger charge is -2.32. The van der Waals surface area contributed by atoms with Crippen molar-refractivity contribution in [2.75, 3.05) is 11.9 Å². The lowest BCUT2D eigenvalue weighted by Crippen LogP contribution is -2.55. The van der Waals surface area contributed by atoms with Crippen molar-refractivity contribution in [3.63, 3.8) is 0 Å². The molecule has 1 aliphatic heterocycles. The second kappa shape index (κ2) is 4.49. The Kier molecular flexibility index (Phi) is 3.17. The number of benzene rings is 1. The highest BCUT2D eigenvalue weighted by atomic mass is 35.5. The van der Waals surface area contributed by atoms with E-state index < -0.39 is 17.5 Å². The molecule has 1 heterocycles. The van der Waals surface area contributed by atoms with Gasteiger partial charge < -0.3 is 14.8 Å². The number of hydrogen-bond donors (Lipinski definition) is 1. The lowest BCUT2D eigenvalue weighted by atomic mass is 10.0. The minimum atomic E-state index is -1.67. The van der Waals surface area contributed by atoms with Gasteiger partial charge in [-0.1, -0.05) is 11.6 Å². The molecule has 2 rings (SSSR count). The van der Waals surface area contributed by atoms with Gasteiger partial charge in [0.05, 0.1) is 12.3 Å². The van der Waals surface area contributed by atoms with Crippen molar-refractivity contribution in [3.8, 4) is 5.75 Å². The highest BCUT2D eigenvalue weighted by Crippen LogP contribution is 2.35. The number of ether oxygens (including phenoxy) is 2. The van der Waals surface area contributed by atoms with Crippen LogP contribution in [0.2, 0.25) is 5.02 Å². The van der Waals surface area contributed by atoms with Crippen LogP contribution in [0, 0.1) is 0 Å². The summed E-state index contributed by atoms with van der Waals surface area (Å²) in [5, 5.41) is 3.05. The van der Waals surface area contributed by atoms with E-state index in [1.807, 2.05) is 0 Å². The fourth-order valence-corrected chi connectivity index (χ4v) is 1.77. The molecule has 0 saturated heterocycles. The van der Waals surface area contributed by atoms with Crippen LogP contribution < -0.4 is 10.1 Å². The van der Waals surface area contributed by atoms with Crippen molar-refractivity contribution in [2.45, 2.75) is 19.4 Å². The van der Waals surface area contributed by atoms with Gasteiger partial charge in [0.15, 0.2) is 0 Å². The van der Waals surface area contributed by atoms with E-state index in [9.17, 15) is 9.59 Å². The molecule has 0 bridgehead atoms. The van der Waals surface area contributed by atoms with Crippen molar-refractivity contribution < 1.29 is 19.1 Å². The summed E-state index contributed by atoms with van der Waals surface area (Å²) in [4.78, 5) is 23.7. The fraction of sp³-hybridized carbons (Fsp3) is 0.333. The maximum Gasteiger partial charge on any atom is 0.360 e. The highest BCUT2D eigenvalue weighted by Gasteiger charge is 2.48. The number of carbonyl (C=O) groups is 2. The molecular formula is C12H12ClNO4. The van der Waals surface area contributed by atoms with Gasteiger partial charge in [-0.15, -0.1) is 0 Å². The molecule has 1 atom stereocenters.